The van der Waals surface area contributed by atoms with E-state index in [1.165, 1.54) is 4.90 Å². The van der Waals surface area contributed by atoms with Crippen LogP contribution in [0.1, 0.15) is 32.1 Å². The molecule has 0 amide bonds. The predicted molar refractivity (Wildman–Crippen MR) is 109 cm³/mol. The average molecular weight is 476 g/mol. The summed E-state index contributed by atoms with van der Waals surface area (Å²) in [4.78, 5) is 7.88. The molecule has 0 aromatic rings. The van der Waals surface area contributed by atoms with Gasteiger partial charge in [-0.3, -0.25) is 9.89 Å². The van der Waals surface area contributed by atoms with Crippen LogP contribution in [0.3, 0.4) is 0 Å². The van der Waals surface area contributed by atoms with Gasteiger partial charge in [0.25, 0.3) is 0 Å². The van der Waals surface area contributed by atoms with Crippen LogP contribution in [-0.2, 0) is 0 Å². The fraction of sp³-hybridized carbons (Fsp3) is 0.824. The number of halogens is 4. The largest absolute Gasteiger partial charge is 0.401 e. The third-order valence-corrected chi connectivity index (χ3v) is 4.42. The van der Waals surface area contributed by atoms with Crippen LogP contribution < -0.4 is 5.32 Å². The van der Waals surface area contributed by atoms with E-state index < -0.39 is 12.7 Å². The highest BCUT2D eigenvalue weighted by Gasteiger charge is 2.32. The number of nitrogens with one attached hydrogen (secondary N) is 1. The molecule has 1 aliphatic heterocycles. The Balaban J connectivity index is 0.00000576. The van der Waals surface area contributed by atoms with Gasteiger partial charge in [0.15, 0.2) is 5.96 Å². The second kappa shape index (κ2) is 12.8. The number of guanidine groups is 1. The van der Waals surface area contributed by atoms with E-state index in [4.69, 9.17) is 0 Å². The zero-order valence-corrected chi connectivity index (χ0v) is 17.6. The number of piperidine rings is 1. The molecule has 0 aromatic heterocycles. The summed E-state index contributed by atoms with van der Waals surface area (Å²) >= 11 is 0. The molecule has 1 saturated heterocycles. The topological polar surface area (TPSA) is 30.9 Å². The Kier molecular flexibility index (Phi) is 12.5. The molecule has 1 aliphatic rings. The summed E-state index contributed by atoms with van der Waals surface area (Å²) in [5.41, 5.74) is 0. The summed E-state index contributed by atoms with van der Waals surface area (Å²) in [5.74, 6) is 1.36. The molecule has 0 unspecified atom stereocenters. The number of hydrogen-bond donors (Lipinski definition) is 1. The maximum absolute atomic E-state index is 12.4. The number of nitrogens with zero attached hydrogens (tertiary/aromatic N) is 3. The van der Waals surface area contributed by atoms with E-state index in [0.717, 1.165) is 51.2 Å². The SMILES string of the molecule is C=CCCCN(C)C(=NC)NCCC1CCN(CC(F)(F)F)CC1.I. The highest BCUT2D eigenvalue weighted by atomic mass is 127. The van der Waals surface area contributed by atoms with Crippen LogP contribution in [0, 0.1) is 5.92 Å². The van der Waals surface area contributed by atoms with Gasteiger partial charge < -0.3 is 10.2 Å². The molecule has 4 nitrogen and oxygen atoms in total. The van der Waals surface area contributed by atoms with Crippen LogP contribution in [0.4, 0.5) is 13.2 Å². The molecule has 0 aromatic carbocycles. The number of aliphatic imine (C=N–C) groups is 1. The minimum atomic E-state index is -4.09. The third-order valence-electron chi connectivity index (χ3n) is 4.42. The van der Waals surface area contributed by atoms with Gasteiger partial charge in [0, 0.05) is 27.2 Å². The van der Waals surface area contributed by atoms with Crippen molar-refractivity contribution in [1.82, 2.24) is 15.1 Å². The Bertz CT molecular complexity index is 394. The smallest absolute Gasteiger partial charge is 0.356 e. The van der Waals surface area contributed by atoms with Gasteiger partial charge in [0.2, 0.25) is 0 Å². The first-order valence-electron chi connectivity index (χ1n) is 8.67. The number of likely N-dealkylation sites (tertiary alicyclic amines) is 1. The minimum Gasteiger partial charge on any atom is -0.356 e. The van der Waals surface area contributed by atoms with Gasteiger partial charge in [0.1, 0.15) is 0 Å². The molecule has 1 heterocycles. The summed E-state index contributed by atoms with van der Waals surface area (Å²) in [6.07, 6.45) is 2.50. The van der Waals surface area contributed by atoms with Crippen LogP contribution >= 0.6 is 24.0 Å². The molecule has 25 heavy (non-hydrogen) atoms. The second-order valence-electron chi connectivity index (χ2n) is 6.45. The van der Waals surface area contributed by atoms with Crippen molar-refractivity contribution in [3.05, 3.63) is 12.7 Å². The molecule has 1 N–H and O–H groups in total. The molecular weight excluding hydrogens is 444 g/mol. The fourth-order valence-corrected chi connectivity index (χ4v) is 3.04. The van der Waals surface area contributed by atoms with Crippen LogP contribution in [0.5, 0.6) is 0 Å². The Morgan fingerprint density at radius 2 is 2.00 bits per heavy atom. The standard InChI is InChI=1S/C17H31F3N4.HI/c1-4-5-6-11-23(3)16(21-2)22-10-7-15-8-12-24(13-9-15)14-17(18,19)20;/h4,15H,1,5-14H2,2-3H3,(H,21,22);1H. The van der Waals surface area contributed by atoms with Gasteiger partial charge in [-0.1, -0.05) is 6.08 Å². The average Bonchev–Trinajstić information content (AvgIpc) is 2.52. The lowest BCUT2D eigenvalue weighted by atomic mass is 9.93. The first-order valence-corrected chi connectivity index (χ1v) is 8.67. The molecule has 8 heteroatoms. The maximum atomic E-state index is 12.4. The van der Waals surface area contributed by atoms with Gasteiger partial charge in [-0.05, 0) is 51.1 Å². The Hall–Kier alpha value is -0.510. The Labute approximate surface area is 166 Å². The molecule has 148 valence electrons. The van der Waals surface area contributed by atoms with E-state index in [9.17, 15) is 13.2 Å². The Morgan fingerprint density at radius 3 is 2.52 bits per heavy atom. The summed E-state index contributed by atoms with van der Waals surface area (Å²) in [5, 5.41) is 3.35. The lowest BCUT2D eigenvalue weighted by molar-refractivity contribution is -0.148. The molecular formula is C17H32F3IN4. The van der Waals surface area contributed by atoms with Crippen molar-refractivity contribution in [2.75, 3.05) is 46.8 Å². The number of hydrogen-bond acceptors (Lipinski definition) is 2. The van der Waals surface area contributed by atoms with Gasteiger partial charge in [-0.15, -0.1) is 30.6 Å². The summed E-state index contributed by atoms with van der Waals surface area (Å²) in [6.45, 7) is 5.75. The second-order valence-corrected chi connectivity index (χ2v) is 6.45. The Morgan fingerprint density at radius 1 is 1.36 bits per heavy atom. The fourth-order valence-electron chi connectivity index (χ4n) is 3.04. The lowest BCUT2D eigenvalue weighted by Gasteiger charge is -2.32. The van der Waals surface area contributed by atoms with Crippen molar-refractivity contribution in [2.45, 2.75) is 38.3 Å². The number of unbranched alkanes of at least 4 members (excludes halogenated alkanes) is 1. The zero-order valence-electron chi connectivity index (χ0n) is 15.3. The van der Waals surface area contributed by atoms with E-state index in [0.29, 0.717) is 19.0 Å². The van der Waals surface area contributed by atoms with Crippen LogP contribution in [0.25, 0.3) is 0 Å². The molecule has 1 rings (SSSR count). The first kappa shape index (κ1) is 24.5. The number of allylic oxidation sites excluding steroid dienone is 1. The van der Waals surface area contributed by atoms with Crippen molar-refractivity contribution in [3.63, 3.8) is 0 Å². The molecule has 1 fully saturated rings. The number of rotatable bonds is 8. The first-order chi connectivity index (χ1) is 11.4. The van der Waals surface area contributed by atoms with Gasteiger partial charge >= 0.3 is 6.18 Å². The molecule has 0 spiro atoms. The lowest BCUT2D eigenvalue weighted by Crippen LogP contribution is -2.42. The highest BCUT2D eigenvalue weighted by Crippen LogP contribution is 2.23. The quantitative estimate of drug-likeness (QED) is 0.191. The predicted octanol–water partition coefficient (Wildman–Crippen LogP) is 3.74. The van der Waals surface area contributed by atoms with Crippen molar-refractivity contribution >= 4 is 29.9 Å². The maximum Gasteiger partial charge on any atom is 0.401 e. The van der Waals surface area contributed by atoms with E-state index in [1.807, 2.05) is 13.1 Å². The van der Waals surface area contributed by atoms with E-state index in [-0.39, 0.29) is 24.0 Å². The van der Waals surface area contributed by atoms with E-state index in [2.05, 4.69) is 21.8 Å². The van der Waals surface area contributed by atoms with Crippen molar-refractivity contribution in [2.24, 2.45) is 10.9 Å². The molecule has 0 aliphatic carbocycles. The van der Waals surface area contributed by atoms with Gasteiger partial charge in [0.05, 0.1) is 6.54 Å². The molecule has 0 radical (unpaired) electrons. The summed E-state index contributed by atoms with van der Waals surface area (Å²) in [6, 6.07) is 0. The van der Waals surface area contributed by atoms with Crippen LogP contribution in [0.15, 0.2) is 17.6 Å². The van der Waals surface area contributed by atoms with Gasteiger partial charge in [-0.2, -0.15) is 13.2 Å². The highest BCUT2D eigenvalue weighted by molar-refractivity contribution is 14.0. The molecule has 0 bridgehead atoms. The monoisotopic (exact) mass is 476 g/mol. The van der Waals surface area contributed by atoms with E-state index in [1.54, 1.807) is 7.05 Å². The molecule has 0 atom stereocenters. The van der Waals surface area contributed by atoms with Gasteiger partial charge in [-0.25, -0.2) is 0 Å². The normalized spacial score (nSPS) is 17.1. The minimum absolute atomic E-state index is 0. The van der Waals surface area contributed by atoms with Crippen LogP contribution in [0.2, 0.25) is 0 Å². The third kappa shape index (κ3) is 10.9. The number of alkyl halides is 3. The van der Waals surface area contributed by atoms with Crippen molar-refractivity contribution < 1.29 is 13.2 Å². The molecule has 0 saturated carbocycles. The van der Waals surface area contributed by atoms with Crippen molar-refractivity contribution in [3.8, 4) is 0 Å². The summed E-state index contributed by atoms with van der Waals surface area (Å²) in [7, 11) is 3.77. The summed E-state index contributed by atoms with van der Waals surface area (Å²) < 4.78 is 37.1. The van der Waals surface area contributed by atoms with Crippen LogP contribution in [-0.4, -0.2) is 68.8 Å². The van der Waals surface area contributed by atoms with Crippen molar-refractivity contribution in [1.29, 1.82) is 0 Å². The zero-order chi connectivity index (χ0) is 18.0. The van der Waals surface area contributed by atoms with E-state index >= 15 is 0 Å².